The number of carbonyl (C=O) groups excluding carboxylic acids is 1. The van der Waals surface area contributed by atoms with Crippen molar-refractivity contribution in [2.24, 2.45) is 0 Å². The molecule has 0 radical (unpaired) electrons. The molecule has 34 heavy (non-hydrogen) atoms. The van der Waals surface area contributed by atoms with Crippen LogP contribution in [0.3, 0.4) is 0 Å². The van der Waals surface area contributed by atoms with Crippen LogP contribution in [0.5, 0.6) is 0 Å². The third-order valence-corrected chi connectivity index (χ3v) is 7.40. The van der Waals surface area contributed by atoms with Gasteiger partial charge in [-0.1, -0.05) is 11.6 Å². The van der Waals surface area contributed by atoms with Gasteiger partial charge in [0.15, 0.2) is 5.82 Å². The van der Waals surface area contributed by atoms with Gasteiger partial charge < -0.3 is 19.4 Å². The summed E-state index contributed by atoms with van der Waals surface area (Å²) < 4.78 is 1.92. The highest BCUT2D eigenvalue weighted by atomic mass is 35.5. The van der Waals surface area contributed by atoms with E-state index in [1.54, 1.807) is 17.5 Å². The lowest BCUT2D eigenvalue weighted by Crippen LogP contribution is -2.54. The fraction of sp³-hybridized carbons (Fsp3) is 0.250. The Hall–Kier alpha value is -3.43. The van der Waals surface area contributed by atoms with E-state index in [4.69, 9.17) is 16.6 Å². The van der Waals surface area contributed by atoms with Gasteiger partial charge in [-0.05, 0) is 43.3 Å². The van der Waals surface area contributed by atoms with Crippen molar-refractivity contribution in [1.82, 2.24) is 29.4 Å². The average Bonchev–Trinajstić information content (AvgIpc) is 3.57. The minimum Gasteiger partial charge on any atom is -0.358 e. The Bertz CT molecular complexity index is 1510. The maximum atomic E-state index is 13.2. The molecule has 6 rings (SSSR count). The van der Waals surface area contributed by atoms with Crippen molar-refractivity contribution in [3.05, 3.63) is 59.3 Å². The van der Waals surface area contributed by atoms with E-state index in [0.717, 1.165) is 51.7 Å². The van der Waals surface area contributed by atoms with E-state index in [1.807, 2.05) is 57.6 Å². The number of amides is 1. The van der Waals surface area contributed by atoms with E-state index in [9.17, 15) is 4.79 Å². The Morgan fingerprint density at radius 1 is 1.24 bits per heavy atom. The van der Waals surface area contributed by atoms with Gasteiger partial charge in [0, 0.05) is 48.5 Å². The van der Waals surface area contributed by atoms with E-state index in [-0.39, 0.29) is 18.5 Å². The summed E-state index contributed by atoms with van der Waals surface area (Å²) in [6.07, 6.45) is 3.69. The molecule has 1 aliphatic rings. The number of hydrogen-bond acceptors (Lipinski definition) is 6. The SMILES string of the molecule is C[C@@H]1CN(c2scnc2-c2nc3ccc(Cl)cc3[nH]2)CCN1C(=O)Cn1ccc2cccnc21. The van der Waals surface area contributed by atoms with Crippen LogP contribution in [0.25, 0.3) is 33.6 Å². The number of aromatic amines is 1. The number of piperazine rings is 1. The zero-order chi connectivity index (χ0) is 23.2. The van der Waals surface area contributed by atoms with E-state index in [1.165, 1.54) is 0 Å². The molecule has 172 valence electrons. The van der Waals surface area contributed by atoms with Gasteiger partial charge >= 0.3 is 0 Å². The minimum absolute atomic E-state index is 0.0699. The number of nitrogens with one attached hydrogen (secondary N) is 1. The van der Waals surface area contributed by atoms with Crippen LogP contribution in [-0.4, -0.2) is 61.0 Å². The van der Waals surface area contributed by atoms with Crippen molar-refractivity contribution < 1.29 is 4.79 Å². The van der Waals surface area contributed by atoms with Crippen LogP contribution in [0.2, 0.25) is 5.02 Å². The lowest BCUT2D eigenvalue weighted by Gasteiger charge is -2.40. The number of hydrogen-bond donors (Lipinski definition) is 1. The van der Waals surface area contributed by atoms with E-state index in [0.29, 0.717) is 11.6 Å². The van der Waals surface area contributed by atoms with Gasteiger partial charge in [-0.2, -0.15) is 0 Å². The predicted octanol–water partition coefficient (Wildman–Crippen LogP) is 4.43. The highest BCUT2D eigenvalue weighted by Gasteiger charge is 2.30. The monoisotopic (exact) mass is 491 g/mol. The highest BCUT2D eigenvalue weighted by Crippen LogP contribution is 2.34. The summed E-state index contributed by atoms with van der Waals surface area (Å²) in [5.74, 6) is 0.834. The second kappa shape index (κ2) is 8.41. The van der Waals surface area contributed by atoms with E-state index in [2.05, 4.69) is 26.8 Å². The largest absolute Gasteiger partial charge is 0.358 e. The number of aromatic nitrogens is 5. The third kappa shape index (κ3) is 3.70. The number of imidazole rings is 1. The number of thiazole rings is 1. The molecule has 1 amide bonds. The van der Waals surface area contributed by atoms with Crippen molar-refractivity contribution in [3.63, 3.8) is 0 Å². The topological polar surface area (TPSA) is 82.9 Å². The van der Waals surface area contributed by atoms with Gasteiger partial charge in [-0.25, -0.2) is 15.0 Å². The van der Waals surface area contributed by atoms with Crippen molar-refractivity contribution >= 4 is 55.9 Å². The summed E-state index contributed by atoms with van der Waals surface area (Å²) in [6, 6.07) is 11.6. The first-order valence-corrected chi connectivity index (χ1v) is 12.4. The van der Waals surface area contributed by atoms with Crippen LogP contribution in [0, 0.1) is 0 Å². The number of H-pyrrole nitrogens is 1. The summed E-state index contributed by atoms with van der Waals surface area (Å²) in [7, 11) is 0. The minimum atomic E-state index is 0.0699. The molecule has 5 aromatic rings. The lowest BCUT2D eigenvalue weighted by atomic mass is 10.2. The van der Waals surface area contributed by atoms with Gasteiger partial charge in [0.25, 0.3) is 0 Å². The van der Waals surface area contributed by atoms with E-state index < -0.39 is 0 Å². The molecule has 0 saturated carbocycles. The molecule has 1 aromatic carbocycles. The van der Waals surface area contributed by atoms with Crippen LogP contribution < -0.4 is 4.90 Å². The number of pyridine rings is 1. The van der Waals surface area contributed by atoms with Gasteiger partial charge in [-0.3, -0.25) is 4.79 Å². The molecular formula is C24H22ClN7OS. The molecule has 5 heterocycles. The molecule has 1 aliphatic heterocycles. The molecule has 1 saturated heterocycles. The van der Waals surface area contributed by atoms with Crippen molar-refractivity contribution in [2.45, 2.75) is 19.5 Å². The first kappa shape index (κ1) is 21.1. The van der Waals surface area contributed by atoms with Crippen LogP contribution in [-0.2, 0) is 11.3 Å². The number of benzene rings is 1. The molecule has 1 N–H and O–H groups in total. The van der Waals surface area contributed by atoms with E-state index >= 15 is 0 Å². The third-order valence-electron chi connectivity index (χ3n) is 6.28. The molecule has 0 unspecified atom stereocenters. The Morgan fingerprint density at radius 3 is 3.03 bits per heavy atom. The summed E-state index contributed by atoms with van der Waals surface area (Å²) in [5.41, 5.74) is 5.25. The van der Waals surface area contributed by atoms with Crippen molar-refractivity contribution in [2.75, 3.05) is 24.5 Å². The van der Waals surface area contributed by atoms with Gasteiger partial charge in [-0.15, -0.1) is 11.3 Å². The maximum Gasteiger partial charge on any atom is 0.242 e. The number of fused-ring (bicyclic) bond motifs is 2. The zero-order valence-corrected chi connectivity index (χ0v) is 20.1. The molecule has 0 spiro atoms. The molecule has 1 atom stereocenters. The number of rotatable bonds is 4. The summed E-state index contributed by atoms with van der Waals surface area (Å²) in [5, 5.41) is 2.77. The van der Waals surface area contributed by atoms with Gasteiger partial charge in [0.2, 0.25) is 5.91 Å². The van der Waals surface area contributed by atoms with Gasteiger partial charge in [0.1, 0.15) is 22.9 Å². The second-order valence-electron chi connectivity index (χ2n) is 8.50. The lowest BCUT2D eigenvalue weighted by molar-refractivity contribution is -0.134. The molecule has 8 nitrogen and oxygen atoms in total. The smallest absolute Gasteiger partial charge is 0.242 e. The molecule has 1 fully saturated rings. The van der Waals surface area contributed by atoms with Gasteiger partial charge in [0.05, 0.1) is 16.5 Å². The zero-order valence-electron chi connectivity index (χ0n) is 18.5. The van der Waals surface area contributed by atoms with Crippen LogP contribution in [0.4, 0.5) is 5.00 Å². The maximum absolute atomic E-state index is 13.2. The standard InChI is InChI=1S/C24H22ClN7OS/c1-15-12-31(9-10-32(15)20(33)13-30-8-6-16-3-2-7-26-23(16)30)24-21(27-14-34-24)22-28-18-5-4-17(25)11-19(18)29-22/h2-8,11,14-15H,9-10,12-13H2,1H3,(H,28,29)/t15-/m1/s1. The number of anilines is 1. The van der Waals surface area contributed by atoms with Crippen molar-refractivity contribution in [1.29, 1.82) is 0 Å². The fourth-order valence-electron chi connectivity index (χ4n) is 4.62. The Labute approximate surface area is 204 Å². The van der Waals surface area contributed by atoms with Crippen molar-refractivity contribution in [3.8, 4) is 11.5 Å². The first-order valence-electron chi connectivity index (χ1n) is 11.1. The highest BCUT2D eigenvalue weighted by molar-refractivity contribution is 7.14. The summed E-state index contributed by atoms with van der Waals surface area (Å²) >= 11 is 7.72. The molecule has 0 aliphatic carbocycles. The normalized spacial score (nSPS) is 16.6. The molecule has 4 aromatic heterocycles. The van der Waals surface area contributed by atoms with Crippen LogP contribution >= 0.6 is 22.9 Å². The summed E-state index contributed by atoms with van der Waals surface area (Å²) in [4.78, 5) is 34.5. The second-order valence-corrected chi connectivity index (χ2v) is 9.76. The van der Waals surface area contributed by atoms with Crippen LogP contribution in [0.15, 0.2) is 54.3 Å². The Morgan fingerprint density at radius 2 is 2.15 bits per heavy atom. The quantitative estimate of drug-likeness (QED) is 0.402. The fourth-order valence-corrected chi connectivity index (χ4v) is 5.62. The predicted molar refractivity (Wildman–Crippen MR) is 135 cm³/mol. The number of carbonyl (C=O) groups is 1. The first-order chi connectivity index (χ1) is 16.6. The number of nitrogens with zero attached hydrogens (tertiary/aromatic N) is 6. The summed E-state index contributed by atoms with van der Waals surface area (Å²) in [6.45, 7) is 4.51. The molecule has 0 bridgehead atoms. The molecular weight excluding hydrogens is 470 g/mol. The average molecular weight is 492 g/mol. The number of halogens is 1. The Kier molecular flexibility index (Phi) is 5.23. The van der Waals surface area contributed by atoms with Crippen LogP contribution in [0.1, 0.15) is 6.92 Å². The Balaban J connectivity index is 1.19. The molecule has 10 heteroatoms.